The highest BCUT2D eigenvalue weighted by atomic mass is 79.9. The van der Waals surface area contributed by atoms with Crippen molar-refractivity contribution in [3.8, 4) is 5.75 Å². The molecule has 1 N–H and O–H groups in total. The summed E-state index contributed by atoms with van der Waals surface area (Å²) in [5.74, 6) is -0.0631. The number of amides is 1. The molecule has 3 nitrogen and oxygen atoms in total. The van der Waals surface area contributed by atoms with Gasteiger partial charge in [0.25, 0.3) is 5.91 Å². The van der Waals surface area contributed by atoms with Gasteiger partial charge in [0.05, 0.1) is 4.47 Å². The number of rotatable bonds is 6. The molecule has 0 fully saturated rings. The lowest BCUT2D eigenvalue weighted by molar-refractivity contribution is -0.128. The fourth-order valence-corrected chi connectivity index (χ4v) is 2.07. The Hall–Kier alpha value is -1.10. The summed E-state index contributed by atoms with van der Waals surface area (Å²) >= 11 is 3.21. The molecule has 5 heteroatoms. The fraction of sp³-hybridized carbons (Fsp3) is 0.500. The molecule has 0 aliphatic rings. The lowest BCUT2D eigenvalue weighted by Gasteiger charge is -2.20. The van der Waals surface area contributed by atoms with Gasteiger partial charge in [-0.05, 0) is 53.9 Å². The molecule has 1 rings (SSSR count). The van der Waals surface area contributed by atoms with Crippen LogP contribution in [0, 0.1) is 5.82 Å². The van der Waals surface area contributed by atoms with E-state index in [9.17, 15) is 9.18 Å². The first-order chi connectivity index (χ1) is 8.97. The van der Waals surface area contributed by atoms with E-state index in [2.05, 4.69) is 21.2 Å². The maximum Gasteiger partial charge on any atom is 0.260 e. The minimum atomic E-state index is -0.623. The molecule has 0 aliphatic heterocycles. The van der Waals surface area contributed by atoms with Gasteiger partial charge >= 0.3 is 0 Å². The summed E-state index contributed by atoms with van der Waals surface area (Å²) in [6.45, 7) is 5.72. The molecule has 1 aromatic rings. The molecule has 0 aliphatic carbocycles. The van der Waals surface area contributed by atoms with Crippen molar-refractivity contribution in [3.63, 3.8) is 0 Å². The summed E-state index contributed by atoms with van der Waals surface area (Å²) in [7, 11) is 0. The maximum atomic E-state index is 12.9. The first-order valence-corrected chi connectivity index (χ1v) is 7.19. The summed E-state index contributed by atoms with van der Waals surface area (Å²) in [6.07, 6.45) is 1.15. The van der Waals surface area contributed by atoms with Gasteiger partial charge < -0.3 is 10.1 Å². The van der Waals surface area contributed by atoms with Gasteiger partial charge in [0, 0.05) is 6.04 Å². The molecule has 1 unspecified atom stereocenters. The Bertz CT molecular complexity index is 435. The third-order valence-corrected chi connectivity index (χ3v) is 3.52. The van der Waals surface area contributed by atoms with Gasteiger partial charge in [-0.2, -0.15) is 0 Å². The van der Waals surface area contributed by atoms with Crippen molar-refractivity contribution in [2.75, 3.05) is 0 Å². The predicted molar refractivity (Wildman–Crippen MR) is 76.7 cm³/mol. The molecule has 106 valence electrons. The molecule has 0 radical (unpaired) electrons. The van der Waals surface area contributed by atoms with Crippen LogP contribution in [0.2, 0.25) is 0 Å². The molecule has 0 saturated carbocycles. The summed E-state index contributed by atoms with van der Waals surface area (Å²) in [6, 6.07) is 4.27. The van der Waals surface area contributed by atoms with E-state index in [4.69, 9.17) is 4.74 Å². The topological polar surface area (TPSA) is 38.3 Å². The van der Waals surface area contributed by atoms with Crippen LogP contribution in [-0.2, 0) is 4.79 Å². The molecule has 0 heterocycles. The van der Waals surface area contributed by atoms with E-state index in [0.717, 1.165) is 12.8 Å². The summed E-state index contributed by atoms with van der Waals surface area (Å²) in [4.78, 5) is 11.9. The number of hydrogen-bond acceptors (Lipinski definition) is 2. The molecule has 0 spiro atoms. The van der Waals surface area contributed by atoms with Crippen LogP contribution < -0.4 is 10.1 Å². The second-order valence-corrected chi connectivity index (χ2v) is 5.21. The Morgan fingerprint density at radius 3 is 2.58 bits per heavy atom. The number of hydrogen-bond donors (Lipinski definition) is 1. The van der Waals surface area contributed by atoms with Crippen LogP contribution in [0.15, 0.2) is 22.7 Å². The zero-order chi connectivity index (χ0) is 14.4. The monoisotopic (exact) mass is 331 g/mol. The molecule has 1 atom stereocenters. The van der Waals surface area contributed by atoms with Crippen molar-refractivity contribution >= 4 is 21.8 Å². The van der Waals surface area contributed by atoms with E-state index in [-0.39, 0.29) is 17.8 Å². The lowest BCUT2D eigenvalue weighted by atomic mass is 10.1. The van der Waals surface area contributed by atoms with Crippen molar-refractivity contribution in [1.29, 1.82) is 0 Å². The fourth-order valence-electron chi connectivity index (χ4n) is 1.63. The minimum absolute atomic E-state index is 0.162. The van der Waals surface area contributed by atoms with Crippen LogP contribution in [0.1, 0.15) is 33.6 Å². The second-order valence-electron chi connectivity index (χ2n) is 4.36. The van der Waals surface area contributed by atoms with Gasteiger partial charge in [0.2, 0.25) is 0 Å². The molecule has 19 heavy (non-hydrogen) atoms. The van der Waals surface area contributed by atoms with E-state index < -0.39 is 6.10 Å². The van der Waals surface area contributed by atoms with Crippen LogP contribution >= 0.6 is 15.9 Å². The van der Waals surface area contributed by atoms with Crippen LogP contribution in [0.25, 0.3) is 0 Å². The summed E-state index contributed by atoms with van der Waals surface area (Å²) in [5, 5.41) is 2.91. The van der Waals surface area contributed by atoms with E-state index in [1.165, 1.54) is 18.2 Å². The molecule has 0 saturated heterocycles. The zero-order valence-corrected chi connectivity index (χ0v) is 13.0. The molecule has 1 aromatic carbocycles. The van der Waals surface area contributed by atoms with Gasteiger partial charge in [-0.25, -0.2) is 4.39 Å². The molecule has 0 bridgehead atoms. The summed E-state index contributed by atoms with van der Waals surface area (Å²) in [5.41, 5.74) is 0. The SMILES string of the molecule is CCC(CC)NC(=O)C(C)Oc1ccc(F)cc1Br. The van der Waals surface area contributed by atoms with Crippen LogP contribution in [0.4, 0.5) is 4.39 Å². The van der Waals surface area contributed by atoms with Crippen molar-refractivity contribution in [1.82, 2.24) is 5.32 Å². The molecular formula is C14H19BrFNO2. The second kappa shape index (κ2) is 7.48. The zero-order valence-electron chi connectivity index (χ0n) is 11.4. The number of ether oxygens (including phenoxy) is 1. The number of benzene rings is 1. The third kappa shape index (κ3) is 4.82. The van der Waals surface area contributed by atoms with E-state index >= 15 is 0 Å². The maximum absolute atomic E-state index is 12.9. The van der Waals surface area contributed by atoms with Crippen LogP contribution in [0.3, 0.4) is 0 Å². The highest BCUT2D eigenvalue weighted by molar-refractivity contribution is 9.10. The quantitative estimate of drug-likeness (QED) is 0.863. The molecular weight excluding hydrogens is 313 g/mol. The smallest absolute Gasteiger partial charge is 0.260 e. The van der Waals surface area contributed by atoms with E-state index in [1.807, 2.05) is 13.8 Å². The average molecular weight is 332 g/mol. The number of nitrogens with one attached hydrogen (secondary N) is 1. The predicted octanol–water partition coefficient (Wildman–Crippen LogP) is 3.66. The van der Waals surface area contributed by atoms with Gasteiger partial charge in [-0.15, -0.1) is 0 Å². The van der Waals surface area contributed by atoms with Crippen molar-refractivity contribution in [3.05, 3.63) is 28.5 Å². The van der Waals surface area contributed by atoms with Crippen molar-refractivity contribution < 1.29 is 13.9 Å². The highest BCUT2D eigenvalue weighted by Crippen LogP contribution is 2.26. The largest absolute Gasteiger partial charge is 0.480 e. The number of halogens is 2. The Kier molecular flexibility index (Phi) is 6.28. The normalized spacial score (nSPS) is 12.3. The van der Waals surface area contributed by atoms with Crippen LogP contribution in [0.5, 0.6) is 5.75 Å². The third-order valence-electron chi connectivity index (χ3n) is 2.90. The highest BCUT2D eigenvalue weighted by Gasteiger charge is 2.18. The lowest BCUT2D eigenvalue weighted by Crippen LogP contribution is -2.42. The first kappa shape index (κ1) is 16.0. The van der Waals surface area contributed by atoms with E-state index in [1.54, 1.807) is 6.92 Å². The van der Waals surface area contributed by atoms with Crippen molar-refractivity contribution in [2.45, 2.75) is 45.8 Å². The Labute approximate surface area is 121 Å². The van der Waals surface area contributed by atoms with Gasteiger partial charge in [-0.3, -0.25) is 4.79 Å². The minimum Gasteiger partial charge on any atom is -0.480 e. The van der Waals surface area contributed by atoms with Gasteiger partial charge in [0.1, 0.15) is 11.6 Å². The molecule has 0 aromatic heterocycles. The first-order valence-electron chi connectivity index (χ1n) is 6.40. The van der Waals surface area contributed by atoms with Crippen LogP contribution in [-0.4, -0.2) is 18.1 Å². The standard InChI is InChI=1S/C14H19BrFNO2/c1-4-11(5-2)17-14(18)9(3)19-13-7-6-10(16)8-12(13)15/h6-9,11H,4-5H2,1-3H3,(H,17,18). The van der Waals surface area contributed by atoms with Gasteiger partial charge in [-0.1, -0.05) is 13.8 Å². The Morgan fingerprint density at radius 1 is 1.42 bits per heavy atom. The average Bonchev–Trinajstić information content (AvgIpc) is 2.38. The summed E-state index contributed by atoms with van der Waals surface area (Å²) < 4.78 is 19.0. The van der Waals surface area contributed by atoms with Crippen molar-refractivity contribution in [2.24, 2.45) is 0 Å². The van der Waals surface area contributed by atoms with E-state index in [0.29, 0.717) is 10.2 Å². The molecule has 1 amide bonds. The van der Waals surface area contributed by atoms with Gasteiger partial charge in [0.15, 0.2) is 6.10 Å². The Balaban J connectivity index is 2.63. The Morgan fingerprint density at radius 2 is 2.05 bits per heavy atom. The number of carbonyl (C=O) groups is 1. The number of carbonyl (C=O) groups excluding carboxylic acids is 1.